The maximum Gasteiger partial charge on any atom is 0.121 e. The van der Waals surface area contributed by atoms with Crippen molar-refractivity contribution < 1.29 is 4.74 Å². The van der Waals surface area contributed by atoms with Crippen LogP contribution in [0.4, 0.5) is 0 Å². The van der Waals surface area contributed by atoms with Crippen molar-refractivity contribution in [2.24, 2.45) is 0 Å². The Bertz CT molecular complexity index is 41.8. The predicted octanol–water partition coefficient (Wildman–Crippen LogP) is 2.39. The second-order valence-corrected chi connectivity index (χ2v) is 2.09. The quantitative estimate of drug-likeness (QED) is 0.540. The largest absolute Gasteiger partial charge is 0.363 e. The molecule has 0 rings (SSSR count). The molecule has 0 amide bonds. The topological polar surface area (TPSA) is 9.23 Å². The number of hydrogen-bond donors (Lipinski definition) is 0. The van der Waals surface area contributed by atoms with Gasteiger partial charge in [-0.15, -0.1) is 0 Å². The Balaban J connectivity index is 2.92. The lowest BCUT2D eigenvalue weighted by atomic mass is 10.2. The minimum absolute atomic E-state index is 0.321. The summed E-state index contributed by atoms with van der Waals surface area (Å²) in [6.45, 7) is 4.17. The van der Waals surface area contributed by atoms with Crippen LogP contribution in [0.2, 0.25) is 0 Å². The summed E-state index contributed by atoms with van der Waals surface area (Å²) < 4.78 is 5.05. The predicted molar refractivity (Wildman–Crippen MR) is 36.2 cm³/mol. The molecular weight excluding hydrogens is 124 g/mol. The van der Waals surface area contributed by atoms with E-state index < -0.39 is 0 Å². The summed E-state index contributed by atoms with van der Waals surface area (Å²) in [5.41, 5.74) is 0. The van der Waals surface area contributed by atoms with Gasteiger partial charge in [-0.1, -0.05) is 24.9 Å². The molecule has 0 aromatic rings. The van der Waals surface area contributed by atoms with Crippen molar-refractivity contribution >= 4 is 11.6 Å². The molecule has 0 aliphatic heterocycles. The van der Waals surface area contributed by atoms with E-state index >= 15 is 0 Å². The zero-order valence-corrected chi connectivity index (χ0v) is 6.24. The van der Waals surface area contributed by atoms with E-state index in [1.165, 1.54) is 0 Å². The van der Waals surface area contributed by atoms with E-state index in [4.69, 9.17) is 16.3 Å². The third-order valence-corrected chi connectivity index (χ3v) is 1.17. The second-order valence-electron chi connectivity index (χ2n) is 1.88. The maximum atomic E-state index is 5.31. The van der Waals surface area contributed by atoms with E-state index in [-0.39, 0.29) is 0 Å². The minimum Gasteiger partial charge on any atom is -0.363 e. The van der Waals surface area contributed by atoms with Crippen molar-refractivity contribution in [3.05, 3.63) is 0 Å². The highest BCUT2D eigenvalue weighted by atomic mass is 35.5. The third-order valence-electron chi connectivity index (χ3n) is 1.04. The lowest BCUT2D eigenvalue weighted by molar-refractivity contribution is 0.0946. The molecule has 8 heavy (non-hydrogen) atoms. The first kappa shape index (κ1) is 8.25. The van der Waals surface area contributed by atoms with Gasteiger partial charge >= 0.3 is 0 Å². The molecule has 0 fully saturated rings. The first-order valence-electron chi connectivity index (χ1n) is 2.98. The number of ether oxygens (including phenoxy) is 1. The fourth-order valence-corrected chi connectivity index (χ4v) is 0.812. The second kappa shape index (κ2) is 5.39. The van der Waals surface area contributed by atoms with Crippen molar-refractivity contribution in [1.82, 2.24) is 0 Å². The average molecular weight is 137 g/mol. The van der Waals surface area contributed by atoms with E-state index in [0.717, 1.165) is 12.8 Å². The van der Waals surface area contributed by atoms with Crippen LogP contribution in [0.25, 0.3) is 0 Å². The summed E-state index contributed by atoms with van der Waals surface area (Å²) in [5.74, 6) is 0. The highest BCUT2D eigenvalue weighted by Gasteiger charge is 1.96. The van der Waals surface area contributed by atoms with Crippen LogP contribution in [0, 0.1) is 0 Å². The van der Waals surface area contributed by atoms with Crippen molar-refractivity contribution in [3.63, 3.8) is 0 Å². The molecule has 0 saturated heterocycles. The molecule has 1 atom stereocenters. The molecule has 0 aromatic heterocycles. The third kappa shape index (κ3) is 4.41. The number of rotatable bonds is 4. The van der Waals surface area contributed by atoms with Crippen LogP contribution in [0.3, 0.4) is 0 Å². The smallest absolute Gasteiger partial charge is 0.121 e. The van der Waals surface area contributed by atoms with Crippen LogP contribution < -0.4 is 0 Å². The van der Waals surface area contributed by atoms with Crippen LogP contribution in [-0.2, 0) is 4.74 Å². The molecule has 0 radical (unpaired) electrons. The first-order valence-corrected chi connectivity index (χ1v) is 3.52. The molecule has 0 spiro atoms. The summed E-state index contributed by atoms with van der Waals surface area (Å²) in [4.78, 5) is 0. The lowest BCUT2D eigenvalue weighted by Gasteiger charge is -2.06. The zero-order chi connectivity index (χ0) is 6.41. The first-order chi connectivity index (χ1) is 3.81. The van der Waals surface area contributed by atoms with E-state index in [1.54, 1.807) is 0 Å². The monoisotopic (exact) mass is 136 g/mol. The van der Waals surface area contributed by atoms with Gasteiger partial charge in [-0.05, 0) is 13.3 Å². The summed E-state index contributed by atoms with van der Waals surface area (Å²) in [6.07, 6.45) is 2.60. The van der Waals surface area contributed by atoms with Gasteiger partial charge < -0.3 is 4.74 Å². The number of alkyl halides is 1. The average Bonchev–Trinajstić information content (AvgIpc) is 1.68. The Kier molecular flexibility index (Phi) is 5.56. The van der Waals surface area contributed by atoms with Crippen LogP contribution in [0.1, 0.15) is 26.7 Å². The van der Waals surface area contributed by atoms with Crippen LogP contribution in [-0.4, -0.2) is 12.2 Å². The summed E-state index contributed by atoms with van der Waals surface area (Å²) in [6, 6.07) is 0.321. The van der Waals surface area contributed by atoms with Gasteiger partial charge in [-0.3, -0.25) is 0 Å². The molecule has 0 heterocycles. The van der Waals surface area contributed by atoms with Gasteiger partial charge in [-0.2, -0.15) is 0 Å². The van der Waals surface area contributed by atoms with Gasteiger partial charge in [-0.25, -0.2) is 0 Å². The molecule has 0 bridgehead atoms. The molecule has 1 nitrogen and oxygen atoms in total. The van der Waals surface area contributed by atoms with Crippen molar-refractivity contribution in [3.8, 4) is 0 Å². The molecule has 0 saturated carbocycles. The lowest BCUT2D eigenvalue weighted by Crippen LogP contribution is -2.05. The molecule has 0 aliphatic rings. The van der Waals surface area contributed by atoms with Crippen LogP contribution >= 0.6 is 11.6 Å². The van der Waals surface area contributed by atoms with E-state index in [1.807, 2.05) is 6.92 Å². The van der Waals surface area contributed by atoms with Gasteiger partial charge in [0.05, 0.1) is 6.10 Å². The van der Waals surface area contributed by atoms with Crippen molar-refractivity contribution in [1.29, 1.82) is 0 Å². The van der Waals surface area contributed by atoms with Gasteiger partial charge in [0, 0.05) is 0 Å². The summed E-state index contributed by atoms with van der Waals surface area (Å²) in [5, 5.41) is 0. The van der Waals surface area contributed by atoms with Crippen molar-refractivity contribution in [2.45, 2.75) is 32.8 Å². The molecule has 2 heteroatoms. The molecule has 1 unspecified atom stereocenters. The number of hydrogen-bond acceptors (Lipinski definition) is 1. The van der Waals surface area contributed by atoms with Gasteiger partial charge in [0.2, 0.25) is 0 Å². The van der Waals surface area contributed by atoms with E-state index in [9.17, 15) is 0 Å². The summed E-state index contributed by atoms with van der Waals surface area (Å²) >= 11 is 5.31. The Hall–Kier alpha value is 0.250. The fraction of sp³-hybridized carbons (Fsp3) is 1.00. The normalized spacial score (nSPS) is 13.9. The fourth-order valence-electron chi connectivity index (χ4n) is 0.597. The molecule has 0 aromatic carbocycles. The maximum absolute atomic E-state index is 5.31. The molecule has 0 aliphatic carbocycles. The highest BCUT2D eigenvalue weighted by Crippen LogP contribution is 2.00. The van der Waals surface area contributed by atoms with E-state index in [0.29, 0.717) is 12.2 Å². The van der Waals surface area contributed by atoms with Gasteiger partial charge in [0.15, 0.2) is 0 Å². The van der Waals surface area contributed by atoms with E-state index in [2.05, 4.69) is 6.92 Å². The van der Waals surface area contributed by atoms with Gasteiger partial charge in [0.25, 0.3) is 0 Å². The minimum atomic E-state index is 0.321. The Morgan fingerprint density at radius 3 is 2.62 bits per heavy atom. The zero-order valence-electron chi connectivity index (χ0n) is 5.48. The standard InChI is InChI=1S/C6H13ClO/c1-3-4-6(2)8-5-7/h6H,3-5H2,1-2H3. The SMILES string of the molecule is CCCC(C)OCCl. The van der Waals surface area contributed by atoms with Crippen molar-refractivity contribution in [2.75, 3.05) is 6.07 Å². The van der Waals surface area contributed by atoms with Gasteiger partial charge in [0.1, 0.15) is 6.07 Å². The molecule has 50 valence electrons. The Morgan fingerprint density at radius 1 is 1.62 bits per heavy atom. The Morgan fingerprint density at radius 2 is 2.25 bits per heavy atom. The highest BCUT2D eigenvalue weighted by molar-refractivity contribution is 6.17. The van der Waals surface area contributed by atoms with Crippen LogP contribution in [0.5, 0.6) is 0 Å². The van der Waals surface area contributed by atoms with Crippen LogP contribution in [0.15, 0.2) is 0 Å². The molecular formula is C6H13ClO. The summed E-state index contributed by atoms with van der Waals surface area (Å²) in [7, 11) is 0. The Labute approximate surface area is 56.0 Å². The number of halogens is 1. The molecule has 0 N–H and O–H groups in total.